The van der Waals surface area contributed by atoms with Gasteiger partial charge in [-0.05, 0) is 17.7 Å². The minimum Gasteiger partial charge on any atom is -0.464 e. The van der Waals surface area contributed by atoms with Crippen LogP contribution in [0.2, 0.25) is 0 Å². The molecular weight excluding hydrogens is 186 g/mol. The van der Waals surface area contributed by atoms with E-state index in [0.717, 1.165) is 16.9 Å². The van der Waals surface area contributed by atoms with Crippen molar-refractivity contribution < 1.29 is 4.42 Å². The molecule has 1 unspecified atom stereocenters. The minimum atomic E-state index is -0.161. The van der Waals surface area contributed by atoms with E-state index in [2.05, 4.69) is 6.58 Å². The highest BCUT2D eigenvalue weighted by molar-refractivity contribution is 5.63. The summed E-state index contributed by atoms with van der Waals surface area (Å²) < 4.78 is 5.37. The lowest BCUT2D eigenvalue weighted by Gasteiger charge is -2.10. The van der Waals surface area contributed by atoms with Gasteiger partial charge >= 0.3 is 0 Å². The van der Waals surface area contributed by atoms with Crippen molar-refractivity contribution in [2.45, 2.75) is 6.04 Å². The Bertz CT molecular complexity index is 445. The molecule has 0 radical (unpaired) electrons. The van der Waals surface area contributed by atoms with Crippen molar-refractivity contribution in [3.05, 3.63) is 60.9 Å². The molecule has 0 amide bonds. The summed E-state index contributed by atoms with van der Waals surface area (Å²) in [6.45, 7) is 3.70. The Labute approximate surface area is 89.0 Å². The average molecular weight is 199 g/mol. The zero-order valence-electron chi connectivity index (χ0n) is 8.39. The topological polar surface area (TPSA) is 39.2 Å². The number of benzene rings is 1. The molecule has 0 saturated heterocycles. The van der Waals surface area contributed by atoms with E-state index in [-0.39, 0.29) is 6.04 Å². The summed E-state index contributed by atoms with van der Waals surface area (Å²) >= 11 is 0. The number of rotatable bonds is 3. The summed E-state index contributed by atoms with van der Waals surface area (Å²) in [6.07, 6.45) is 3.38. The molecule has 0 aliphatic rings. The first kappa shape index (κ1) is 9.74. The molecule has 1 heterocycles. The minimum absolute atomic E-state index is 0.161. The van der Waals surface area contributed by atoms with Crippen molar-refractivity contribution in [1.29, 1.82) is 0 Å². The zero-order valence-corrected chi connectivity index (χ0v) is 8.39. The van der Waals surface area contributed by atoms with Crippen LogP contribution in [0.4, 0.5) is 0 Å². The fourth-order valence-electron chi connectivity index (χ4n) is 1.57. The Morgan fingerprint density at radius 3 is 2.67 bits per heavy atom. The van der Waals surface area contributed by atoms with Crippen LogP contribution in [0, 0.1) is 0 Å². The van der Waals surface area contributed by atoms with Gasteiger partial charge in [-0.2, -0.15) is 0 Å². The third kappa shape index (κ3) is 1.85. The van der Waals surface area contributed by atoms with Gasteiger partial charge in [-0.1, -0.05) is 30.3 Å². The van der Waals surface area contributed by atoms with Gasteiger partial charge in [-0.25, -0.2) is 0 Å². The van der Waals surface area contributed by atoms with Gasteiger partial charge < -0.3 is 10.2 Å². The smallest absolute Gasteiger partial charge is 0.134 e. The fraction of sp³-hybridized carbons (Fsp3) is 0.0769. The summed E-state index contributed by atoms with van der Waals surface area (Å²) in [7, 11) is 0. The fourth-order valence-corrected chi connectivity index (χ4v) is 1.57. The monoisotopic (exact) mass is 199 g/mol. The molecule has 1 aromatic heterocycles. The molecule has 2 rings (SSSR count). The van der Waals surface area contributed by atoms with Crippen molar-refractivity contribution in [3.63, 3.8) is 0 Å². The van der Waals surface area contributed by atoms with Crippen LogP contribution in [-0.4, -0.2) is 0 Å². The van der Waals surface area contributed by atoms with Crippen molar-refractivity contribution in [2.24, 2.45) is 5.73 Å². The summed E-state index contributed by atoms with van der Waals surface area (Å²) in [5.41, 5.74) is 7.99. The van der Waals surface area contributed by atoms with Crippen LogP contribution in [0.25, 0.3) is 11.3 Å². The van der Waals surface area contributed by atoms with E-state index in [9.17, 15) is 0 Å². The maximum Gasteiger partial charge on any atom is 0.134 e. The van der Waals surface area contributed by atoms with Gasteiger partial charge in [0, 0.05) is 11.6 Å². The molecule has 2 heteroatoms. The summed E-state index contributed by atoms with van der Waals surface area (Å²) in [5.74, 6) is 0.836. The number of nitrogens with two attached hydrogens (primary N) is 1. The molecule has 0 bridgehead atoms. The van der Waals surface area contributed by atoms with Crippen LogP contribution in [-0.2, 0) is 0 Å². The number of hydrogen-bond donors (Lipinski definition) is 1. The van der Waals surface area contributed by atoms with Crippen molar-refractivity contribution >= 4 is 0 Å². The van der Waals surface area contributed by atoms with E-state index in [1.807, 2.05) is 36.4 Å². The third-order valence-corrected chi connectivity index (χ3v) is 2.36. The lowest BCUT2D eigenvalue weighted by molar-refractivity contribution is 0.581. The van der Waals surface area contributed by atoms with Gasteiger partial charge in [-0.3, -0.25) is 0 Å². The number of furan rings is 1. The first-order valence-corrected chi connectivity index (χ1v) is 4.84. The molecular formula is C13H13NO. The number of hydrogen-bond acceptors (Lipinski definition) is 2. The third-order valence-electron chi connectivity index (χ3n) is 2.36. The lowest BCUT2D eigenvalue weighted by atomic mass is 9.99. The summed E-state index contributed by atoms with van der Waals surface area (Å²) in [5, 5.41) is 0. The van der Waals surface area contributed by atoms with Crippen LogP contribution in [0.1, 0.15) is 11.6 Å². The maximum atomic E-state index is 5.94. The largest absolute Gasteiger partial charge is 0.464 e. The van der Waals surface area contributed by atoms with Gasteiger partial charge in [0.05, 0.1) is 6.26 Å². The van der Waals surface area contributed by atoms with E-state index >= 15 is 0 Å². The molecule has 1 aromatic carbocycles. The molecule has 76 valence electrons. The molecule has 15 heavy (non-hydrogen) atoms. The second-order valence-corrected chi connectivity index (χ2v) is 3.33. The van der Waals surface area contributed by atoms with E-state index in [1.54, 1.807) is 12.3 Å². The van der Waals surface area contributed by atoms with Crippen molar-refractivity contribution in [1.82, 2.24) is 0 Å². The Balaban J connectivity index is 2.52. The van der Waals surface area contributed by atoms with Crippen LogP contribution in [0.3, 0.4) is 0 Å². The normalized spacial score (nSPS) is 12.3. The molecule has 0 saturated carbocycles. The molecule has 2 aromatic rings. The summed E-state index contributed by atoms with van der Waals surface area (Å²) in [6, 6.07) is 11.6. The molecule has 1 atom stereocenters. The summed E-state index contributed by atoms with van der Waals surface area (Å²) in [4.78, 5) is 0. The van der Waals surface area contributed by atoms with Crippen LogP contribution >= 0.6 is 0 Å². The standard InChI is InChI=1S/C13H13NO/c1-2-12(14)10-6-3-4-7-11(10)13-8-5-9-15-13/h2-9,12H,1,14H2. The van der Waals surface area contributed by atoms with Crippen LogP contribution in [0.5, 0.6) is 0 Å². The predicted octanol–water partition coefficient (Wildman–Crippen LogP) is 3.13. The zero-order chi connectivity index (χ0) is 10.7. The lowest BCUT2D eigenvalue weighted by Crippen LogP contribution is -2.07. The van der Waals surface area contributed by atoms with Gasteiger partial charge in [-0.15, -0.1) is 6.58 Å². The Morgan fingerprint density at radius 1 is 1.20 bits per heavy atom. The van der Waals surface area contributed by atoms with Gasteiger partial charge in [0.2, 0.25) is 0 Å². The highest BCUT2D eigenvalue weighted by Crippen LogP contribution is 2.27. The van der Waals surface area contributed by atoms with Gasteiger partial charge in [0.15, 0.2) is 0 Å². The molecule has 2 nitrogen and oxygen atoms in total. The van der Waals surface area contributed by atoms with E-state index in [4.69, 9.17) is 10.2 Å². The Hall–Kier alpha value is -1.80. The molecule has 2 N–H and O–H groups in total. The van der Waals surface area contributed by atoms with Crippen molar-refractivity contribution in [3.8, 4) is 11.3 Å². The predicted molar refractivity (Wildman–Crippen MR) is 61.3 cm³/mol. The van der Waals surface area contributed by atoms with E-state index < -0.39 is 0 Å². The highest BCUT2D eigenvalue weighted by Gasteiger charge is 2.10. The molecule has 0 fully saturated rings. The van der Waals surface area contributed by atoms with Gasteiger partial charge in [0.1, 0.15) is 5.76 Å². The highest BCUT2D eigenvalue weighted by atomic mass is 16.3. The molecule has 0 aliphatic carbocycles. The Morgan fingerprint density at radius 2 is 2.00 bits per heavy atom. The maximum absolute atomic E-state index is 5.94. The molecule has 0 spiro atoms. The second kappa shape index (κ2) is 4.15. The van der Waals surface area contributed by atoms with E-state index in [1.165, 1.54) is 0 Å². The van der Waals surface area contributed by atoms with Crippen LogP contribution < -0.4 is 5.73 Å². The van der Waals surface area contributed by atoms with Gasteiger partial charge in [0.25, 0.3) is 0 Å². The molecule has 0 aliphatic heterocycles. The first-order valence-electron chi connectivity index (χ1n) is 4.84. The Kier molecular flexibility index (Phi) is 2.70. The first-order chi connectivity index (χ1) is 7.33. The SMILES string of the molecule is C=CC(N)c1ccccc1-c1ccco1. The van der Waals surface area contributed by atoms with Crippen molar-refractivity contribution in [2.75, 3.05) is 0 Å². The van der Waals surface area contributed by atoms with E-state index in [0.29, 0.717) is 0 Å². The average Bonchev–Trinajstić information content (AvgIpc) is 2.81. The second-order valence-electron chi connectivity index (χ2n) is 3.33. The van der Waals surface area contributed by atoms with Crippen LogP contribution in [0.15, 0.2) is 59.7 Å². The quantitative estimate of drug-likeness (QED) is 0.771.